The highest BCUT2D eigenvalue weighted by Crippen LogP contribution is 2.28. The predicted octanol–water partition coefficient (Wildman–Crippen LogP) is 3.27. The number of aryl methyl sites for hydroxylation is 1. The fourth-order valence-corrected chi connectivity index (χ4v) is 1.06. The quantitative estimate of drug-likeness (QED) is 0.680. The molecule has 3 heteroatoms. The van der Waals surface area contributed by atoms with Crippen molar-refractivity contribution >= 4 is 0 Å². The van der Waals surface area contributed by atoms with E-state index in [1.54, 1.807) is 18.9 Å². The topological polar surface area (TPSA) is 32.7 Å². The Labute approximate surface area is 123 Å². The average molecular weight is 277 g/mol. The van der Waals surface area contributed by atoms with Crippen molar-refractivity contribution in [2.24, 2.45) is 5.41 Å². The van der Waals surface area contributed by atoms with Gasteiger partial charge in [-0.2, -0.15) is 5.06 Å². The molecule has 0 fully saturated rings. The number of terminal acetylenes is 1. The third kappa shape index (κ3) is 6.60. The number of rotatable bonds is 3. The highest BCUT2D eigenvalue weighted by atomic mass is 16.7. The molecule has 0 saturated heterocycles. The van der Waals surface area contributed by atoms with Crippen LogP contribution in [-0.2, 0) is 0 Å². The van der Waals surface area contributed by atoms with Gasteiger partial charge in [-0.1, -0.05) is 18.1 Å². The van der Waals surface area contributed by atoms with Gasteiger partial charge in [-0.3, -0.25) is 0 Å². The van der Waals surface area contributed by atoms with Gasteiger partial charge in [-0.15, -0.1) is 6.42 Å². The summed E-state index contributed by atoms with van der Waals surface area (Å²) < 4.78 is 0. The fraction of sp³-hybridized carbons (Fsp3) is 0.529. The van der Waals surface area contributed by atoms with Gasteiger partial charge in [0.15, 0.2) is 0 Å². The first kappa shape index (κ1) is 18.5. The van der Waals surface area contributed by atoms with E-state index >= 15 is 0 Å². The minimum Gasteiger partial charge on any atom is -0.407 e. The van der Waals surface area contributed by atoms with Gasteiger partial charge < -0.3 is 9.94 Å². The third-order valence-corrected chi connectivity index (χ3v) is 3.17. The van der Waals surface area contributed by atoms with Crippen molar-refractivity contribution in [1.82, 2.24) is 5.06 Å². The molecule has 3 nitrogen and oxygen atoms in total. The van der Waals surface area contributed by atoms with Crippen molar-refractivity contribution in [2.45, 2.75) is 40.2 Å². The standard InChI is InChI=1S/C9H13NO.C8H14O/c1-8-5-4-6-9(7-8)11-10(2)3;1-6-7(2,3)8(4,5)9/h4-7H,1-3H3;1,9H,2-5H3. The maximum atomic E-state index is 9.40. The van der Waals surface area contributed by atoms with E-state index in [1.165, 1.54) is 5.56 Å². The molecule has 1 N–H and O–H groups in total. The molecule has 0 atom stereocenters. The lowest BCUT2D eigenvalue weighted by atomic mass is 9.78. The number of aliphatic hydroxyl groups is 1. The van der Waals surface area contributed by atoms with E-state index in [9.17, 15) is 5.11 Å². The van der Waals surface area contributed by atoms with Gasteiger partial charge in [0.1, 0.15) is 5.75 Å². The van der Waals surface area contributed by atoms with Crippen molar-refractivity contribution in [3.05, 3.63) is 29.8 Å². The zero-order chi connectivity index (χ0) is 16.0. The molecule has 0 unspecified atom stereocenters. The predicted molar refractivity (Wildman–Crippen MR) is 84.4 cm³/mol. The van der Waals surface area contributed by atoms with Gasteiger partial charge in [-0.05, 0) is 52.3 Å². The van der Waals surface area contributed by atoms with Crippen LogP contribution in [0.2, 0.25) is 0 Å². The highest BCUT2D eigenvalue weighted by Gasteiger charge is 2.32. The first-order valence-electron chi connectivity index (χ1n) is 6.61. The van der Waals surface area contributed by atoms with E-state index in [1.807, 2.05) is 59.1 Å². The summed E-state index contributed by atoms with van der Waals surface area (Å²) in [4.78, 5) is 5.33. The van der Waals surface area contributed by atoms with Gasteiger partial charge in [0.25, 0.3) is 0 Å². The molecule has 0 heterocycles. The Morgan fingerprint density at radius 2 is 1.75 bits per heavy atom. The molecule has 112 valence electrons. The zero-order valence-corrected chi connectivity index (χ0v) is 13.7. The van der Waals surface area contributed by atoms with E-state index < -0.39 is 11.0 Å². The Hall–Kier alpha value is -1.50. The SMILES string of the molecule is C#CC(C)(C)C(C)(C)O.Cc1cccc(ON(C)C)c1. The van der Waals surface area contributed by atoms with E-state index in [4.69, 9.17) is 11.3 Å². The molecule has 0 aliphatic heterocycles. The lowest BCUT2D eigenvalue weighted by Crippen LogP contribution is -2.37. The maximum Gasteiger partial charge on any atom is 0.147 e. The average Bonchev–Trinajstić information content (AvgIpc) is 2.27. The summed E-state index contributed by atoms with van der Waals surface area (Å²) in [7, 11) is 3.73. The lowest BCUT2D eigenvalue weighted by Gasteiger charge is -2.31. The summed E-state index contributed by atoms with van der Waals surface area (Å²) in [6.45, 7) is 9.16. The van der Waals surface area contributed by atoms with Crippen LogP contribution in [0.25, 0.3) is 0 Å². The van der Waals surface area contributed by atoms with Crippen LogP contribution in [0.1, 0.15) is 33.3 Å². The van der Waals surface area contributed by atoms with Gasteiger partial charge >= 0.3 is 0 Å². The van der Waals surface area contributed by atoms with Crippen LogP contribution in [0.4, 0.5) is 0 Å². The molecule has 0 saturated carbocycles. The minimum atomic E-state index is -0.790. The number of hydroxylamine groups is 2. The molecule has 1 aromatic rings. The summed E-state index contributed by atoms with van der Waals surface area (Å²) in [6, 6.07) is 7.96. The summed E-state index contributed by atoms with van der Waals surface area (Å²) in [5.74, 6) is 3.42. The fourth-order valence-electron chi connectivity index (χ4n) is 1.06. The molecular formula is C17H27NO2. The first-order valence-corrected chi connectivity index (χ1v) is 6.61. The van der Waals surface area contributed by atoms with Crippen molar-refractivity contribution in [2.75, 3.05) is 14.1 Å². The van der Waals surface area contributed by atoms with Crippen LogP contribution in [0.3, 0.4) is 0 Å². The second-order valence-corrected chi connectivity index (χ2v) is 6.05. The van der Waals surface area contributed by atoms with Crippen LogP contribution in [0.15, 0.2) is 24.3 Å². The molecule has 0 aromatic heterocycles. The van der Waals surface area contributed by atoms with Crippen LogP contribution in [0.5, 0.6) is 5.75 Å². The Kier molecular flexibility index (Phi) is 6.78. The molecule has 0 spiro atoms. The smallest absolute Gasteiger partial charge is 0.147 e. The van der Waals surface area contributed by atoms with Crippen LogP contribution >= 0.6 is 0 Å². The third-order valence-electron chi connectivity index (χ3n) is 3.17. The monoisotopic (exact) mass is 277 g/mol. The lowest BCUT2D eigenvalue weighted by molar-refractivity contribution is -0.00333. The largest absolute Gasteiger partial charge is 0.407 e. The Morgan fingerprint density at radius 3 is 2.05 bits per heavy atom. The molecular weight excluding hydrogens is 250 g/mol. The highest BCUT2D eigenvalue weighted by molar-refractivity contribution is 5.27. The minimum absolute atomic E-state index is 0.438. The number of hydrogen-bond acceptors (Lipinski definition) is 3. The molecule has 0 bridgehead atoms. The van der Waals surface area contributed by atoms with Crippen molar-refractivity contribution in [3.8, 4) is 18.1 Å². The summed E-state index contributed by atoms with van der Waals surface area (Å²) >= 11 is 0. The summed E-state index contributed by atoms with van der Waals surface area (Å²) in [5.41, 5.74) is -0.0151. The zero-order valence-electron chi connectivity index (χ0n) is 13.7. The van der Waals surface area contributed by atoms with Crippen molar-refractivity contribution in [1.29, 1.82) is 0 Å². The molecule has 0 aliphatic carbocycles. The normalized spacial score (nSPS) is 11.4. The Balaban J connectivity index is 0.000000370. The molecule has 1 aromatic carbocycles. The second kappa shape index (κ2) is 7.33. The van der Waals surface area contributed by atoms with E-state index in [0.29, 0.717) is 0 Å². The van der Waals surface area contributed by atoms with E-state index in [0.717, 1.165) is 5.75 Å². The number of benzene rings is 1. The van der Waals surface area contributed by atoms with E-state index in [2.05, 4.69) is 5.92 Å². The van der Waals surface area contributed by atoms with Crippen LogP contribution < -0.4 is 4.84 Å². The van der Waals surface area contributed by atoms with Gasteiger partial charge in [0.05, 0.1) is 11.0 Å². The van der Waals surface area contributed by atoms with Crippen LogP contribution in [-0.4, -0.2) is 29.9 Å². The van der Waals surface area contributed by atoms with Crippen LogP contribution in [0, 0.1) is 24.7 Å². The van der Waals surface area contributed by atoms with E-state index in [-0.39, 0.29) is 0 Å². The van der Waals surface area contributed by atoms with Gasteiger partial charge in [-0.25, -0.2) is 0 Å². The molecule has 1 rings (SSSR count). The van der Waals surface area contributed by atoms with Gasteiger partial charge in [0, 0.05) is 14.1 Å². The molecule has 0 radical (unpaired) electrons. The summed E-state index contributed by atoms with van der Waals surface area (Å²) in [5, 5.41) is 11.1. The molecule has 0 amide bonds. The molecule has 0 aliphatic rings. The van der Waals surface area contributed by atoms with Crippen molar-refractivity contribution < 1.29 is 9.94 Å². The summed E-state index contributed by atoms with van der Waals surface area (Å²) in [6.07, 6.45) is 5.18. The second-order valence-electron chi connectivity index (χ2n) is 6.05. The maximum absolute atomic E-state index is 9.40. The van der Waals surface area contributed by atoms with Crippen molar-refractivity contribution in [3.63, 3.8) is 0 Å². The van der Waals surface area contributed by atoms with Gasteiger partial charge in [0.2, 0.25) is 0 Å². The number of nitrogens with zero attached hydrogens (tertiary/aromatic N) is 1. The number of hydrogen-bond donors (Lipinski definition) is 1. The first-order chi connectivity index (χ1) is 8.99. The Bertz CT molecular complexity index is 451. The molecule has 20 heavy (non-hydrogen) atoms. The Morgan fingerprint density at radius 1 is 1.20 bits per heavy atom.